The Morgan fingerprint density at radius 3 is 2.52 bits per heavy atom. The molecule has 25 heavy (non-hydrogen) atoms. The van der Waals surface area contributed by atoms with Crippen LogP contribution in [-0.2, 0) is 10.0 Å². The van der Waals surface area contributed by atoms with Gasteiger partial charge in [0.2, 0.25) is 10.0 Å². The van der Waals surface area contributed by atoms with Gasteiger partial charge in [-0.2, -0.15) is 4.31 Å². The van der Waals surface area contributed by atoms with Crippen LogP contribution < -0.4 is 4.90 Å². The highest BCUT2D eigenvalue weighted by atomic mass is 32.2. The molecule has 2 aromatic rings. The van der Waals surface area contributed by atoms with Gasteiger partial charge in [-0.3, -0.25) is 0 Å². The molecule has 8 heteroatoms. The van der Waals surface area contributed by atoms with Crippen LogP contribution in [0.5, 0.6) is 0 Å². The lowest BCUT2D eigenvalue weighted by Gasteiger charge is -2.55. The number of piperazine rings is 1. The SMILES string of the molecule is Cc1nccc(N2CC3CC(C2)N3S(=O)(=O)c2ccc(F)cc2C)n1. The molecule has 3 saturated heterocycles. The summed E-state index contributed by atoms with van der Waals surface area (Å²) in [6.07, 6.45) is 2.56. The van der Waals surface area contributed by atoms with Crippen molar-refractivity contribution < 1.29 is 12.8 Å². The lowest BCUT2D eigenvalue weighted by molar-refractivity contribution is 0.0874. The summed E-state index contributed by atoms with van der Waals surface area (Å²) < 4.78 is 40.9. The molecule has 2 atom stereocenters. The first-order valence-corrected chi connectivity index (χ1v) is 9.64. The minimum Gasteiger partial charge on any atom is -0.353 e. The van der Waals surface area contributed by atoms with Gasteiger partial charge < -0.3 is 4.90 Å². The second-order valence-electron chi connectivity index (χ2n) is 6.66. The van der Waals surface area contributed by atoms with E-state index in [1.165, 1.54) is 18.2 Å². The van der Waals surface area contributed by atoms with Crippen molar-refractivity contribution in [2.45, 2.75) is 37.2 Å². The van der Waals surface area contributed by atoms with Crippen molar-refractivity contribution in [2.75, 3.05) is 18.0 Å². The van der Waals surface area contributed by atoms with Crippen LogP contribution in [-0.4, -0.2) is 47.9 Å². The number of fused-ring (bicyclic) bond motifs is 2. The summed E-state index contributed by atoms with van der Waals surface area (Å²) in [6, 6.07) is 5.51. The largest absolute Gasteiger partial charge is 0.353 e. The summed E-state index contributed by atoms with van der Waals surface area (Å²) in [4.78, 5) is 10.8. The lowest BCUT2D eigenvalue weighted by Crippen LogP contribution is -2.70. The number of piperidine rings is 1. The second kappa shape index (κ2) is 5.74. The third-order valence-electron chi connectivity index (χ3n) is 4.90. The molecule has 3 aliphatic rings. The van der Waals surface area contributed by atoms with E-state index in [1.54, 1.807) is 17.4 Å². The number of rotatable bonds is 3. The third-order valence-corrected chi connectivity index (χ3v) is 7.07. The van der Waals surface area contributed by atoms with E-state index < -0.39 is 15.8 Å². The smallest absolute Gasteiger partial charge is 0.243 e. The predicted molar refractivity (Wildman–Crippen MR) is 91.3 cm³/mol. The average molecular weight is 362 g/mol. The molecule has 3 fully saturated rings. The molecule has 0 amide bonds. The van der Waals surface area contributed by atoms with E-state index in [9.17, 15) is 12.8 Å². The van der Waals surface area contributed by atoms with Crippen LogP contribution in [0.4, 0.5) is 10.2 Å². The summed E-state index contributed by atoms with van der Waals surface area (Å²) >= 11 is 0. The van der Waals surface area contributed by atoms with Gasteiger partial charge in [0.25, 0.3) is 0 Å². The van der Waals surface area contributed by atoms with Gasteiger partial charge >= 0.3 is 0 Å². The molecule has 3 aliphatic heterocycles. The number of benzene rings is 1. The third kappa shape index (κ3) is 2.69. The van der Waals surface area contributed by atoms with E-state index in [-0.39, 0.29) is 17.0 Å². The fourth-order valence-corrected chi connectivity index (χ4v) is 5.81. The van der Waals surface area contributed by atoms with Crippen LogP contribution in [0.15, 0.2) is 35.4 Å². The van der Waals surface area contributed by atoms with Gasteiger partial charge in [0.15, 0.2) is 0 Å². The highest BCUT2D eigenvalue weighted by Gasteiger charge is 2.51. The highest BCUT2D eigenvalue weighted by Crippen LogP contribution is 2.39. The summed E-state index contributed by atoms with van der Waals surface area (Å²) in [5.74, 6) is 1.10. The van der Waals surface area contributed by atoms with Gasteiger partial charge in [0.05, 0.1) is 4.90 Å². The summed E-state index contributed by atoms with van der Waals surface area (Å²) in [5, 5.41) is 0. The first-order valence-electron chi connectivity index (χ1n) is 8.20. The Kier molecular flexibility index (Phi) is 3.77. The first kappa shape index (κ1) is 16.4. The molecule has 1 aromatic heterocycles. The van der Waals surface area contributed by atoms with E-state index in [0.717, 1.165) is 12.2 Å². The van der Waals surface area contributed by atoms with Crippen LogP contribution in [0.1, 0.15) is 17.8 Å². The van der Waals surface area contributed by atoms with Gasteiger partial charge in [-0.25, -0.2) is 22.8 Å². The fraction of sp³-hybridized carbons (Fsp3) is 0.412. The average Bonchev–Trinajstić information content (AvgIpc) is 2.54. The van der Waals surface area contributed by atoms with Crippen molar-refractivity contribution in [1.82, 2.24) is 14.3 Å². The Labute approximate surface area is 146 Å². The van der Waals surface area contributed by atoms with Crippen LogP contribution in [0, 0.1) is 19.7 Å². The van der Waals surface area contributed by atoms with E-state index in [4.69, 9.17) is 0 Å². The van der Waals surface area contributed by atoms with Crippen molar-refractivity contribution in [3.63, 3.8) is 0 Å². The fourth-order valence-electron chi connectivity index (χ4n) is 3.79. The molecule has 1 aromatic carbocycles. The second-order valence-corrected chi connectivity index (χ2v) is 8.47. The zero-order valence-corrected chi connectivity index (χ0v) is 14.9. The number of anilines is 1. The van der Waals surface area contributed by atoms with Gasteiger partial charge in [-0.05, 0) is 50.1 Å². The van der Waals surface area contributed by atoms with Gasteiger partial charge in [0.1, 0.15) is 17.5 Å². The summed E-state index contributed by atoms with van der Waals surface area (Å²) in [5.41, 5.74) is 0.438. The van der Waals surface area contributed by atoms with Crippen molar-refractivity contribution in [3.05, 3.63) is 47.7 Å². The minimum absolute atomic E-state index is 0.0801. The molecule has 6 nitrogen and oxygen atoms in total. The molecule has 0 aliphatic carbocycles. The Balaban J connectivity index is 1.59. The molecule has 0 spiro atoms. The molecule has 5 rings (SSSR count). The zero-order valence-electron chi connectivity index (χ0n) is 14.1. The molecule has 0 radical (unpaired) electrons. The van der Waals surface area contributed by atoms with Crippen molar-refractivity contribution in [1.29, 1.82) is 0 Å². The van der Waals surface area contributed by atoms with Crippen LogP contribution in [0.3, 0.4) is 0 Å². The zero-order chi connectivity index (χ0) is 17.8. The van der Waals surface area contributed by atoms with Crippen LogP contribution in [0.2, 0.25) is 0 Å². The minimum atomic E-state index is -3.62. The lowest BCUT2D eigenvalue weighted by atomic mass is 9.91. The topological polar surface area (TPSA) is 66.4 Å². The Bertz CT molecular complexity index is 922. The van der Waals surface area contributed by atoms with Crippen molar-refractivity contribution >= 4 is 15.8 Å². The van der Waals surface area contributed by atoms with Crippen LogP contribution >= 0.6 is 0 Å². The normalized spacial score (nSPS) is 23.4. The number of aryl methyl sites for hydroxylation is 2. The number of halogens is 1. The van der Waals surface area contributed by atoms with E-state index in [1.807, 2.05) is 13.0 Å². The quantitative estimate of drug-likeness (QED) is 0.834. The number of hydrogen-bond acceptors (Lipinski definition) is 5. The number of hydrogen-bond donors (Lipinski definition) is 0. The molecule has 0 saturated carbocycles. The molecule has 4 heterocycles. The first-order chi connectivity index (χ1) is 11.9. The number of sulfonamides is 1. The van der Waals surface area contributed by atoms with E-state index in [0.29, 0.717) is 24.5 Å². The predicted octanol–water partition coefficient (Wildman–Crippen LogP) is 1.88. The number of aromatic nitrogens is 2. The van der Waals surface area contributed by atoms with Gasteiger partial charge in [-0.1, -0.05) is 0 Å². The number of nitrogens with zero attached hydrogens (tertiary/aromatic N) is 4. The monoisotopic (exact) mass is 362 g/mol. The maximum absolute atomic E-state index is 13.3. The Hall–Kier alpha value is -2.06. The molecule has 0 N–H and O–H groups in total. The molecule has 2 bridgehead atoms. The van der Waals surface area contributed by atoms with Gasteiger partial charge in [-0.15, -0.1) is 0 Å². The Morgan fingerprint density at radius 2 is 1.88 bits per heavy atom. The maximum Gasteiger partial charge on any atom is 0.243 e. The van der Waals surface area contributed by atoms with Crippen LogP contribution in [0.25, 0.3) is 0 Å². The summed E-state index contributed by atoms with van der Waals surface area (Å²) in [7, 11) is -3.62. The van der Waals surface area contributed by atoms with E-state index >= 15 is 0 Å². The molecular weight excluding hydrogens is 343 g/mol. The standard InChI is InChI=1S/C17H19FN4O2S/c1-11-7-13(18)3-4-16(11)25(23,24)22-14-8-15(22)10-21(9-14)17-5-6-19-12(2)20-17/h3-7,14-15H,8-10H2,1-2H3. The summed E-state index contributed by atoms with van der Waals surface area (Å²) in [6.45, 7) is 4.67. The molecule has 2 unspecified atom stereocenters. The molecular formula is C17H19FN4O2S. The highest BCUT2D eigenvalue weighted by molar-refractivity contribution is 7.89. The van der Waals surface area contributed by atoms with Crippen molar-refractivity contribution in [2.24, 2.45) is 0 Å². The Morgan fingerprint density at radius 1 is 1.16 bits per heavy atom. The molecule has 132 valence electrons. The maximum atomic E-state index is 13.3. The van der Waals surface area contributed by atoms with E-state index in [2.05, 4.69) is 14.9 Å². The van der Waals surface area contributed by atoms with Gasteiger partial charge in [0, 0.05) is 31.4 Å². The van der Waals surface area contributed by atoms with Crippen molar-refractivity contribution in [3.8, 4) is 0 Å².